The Hall–Kier alpha value is -2.29. The zero-order chi connectivity index (χ0) is 14.8. The molecule has 21 heavy (non-hydrogen) atoms. The summed E-state index contributed by atoms with van der Waals surface area (Å²) >= 11 is 0. The molecule has 1 aliphatic heterocycles. The predicted molar refractivity (Wildman–Crippen MR) is 87.1 cm³/mol. The van der Waals surface area contributed by atoms with Gasteiger partial charge in [-0.1, -0.05) is 6.07 Å². The topological polar surface area (TPSA) is 41.1 Å². The van der Waals surface area contributed by atoms with E-state index < -0.39 is 0 Å². The van der Waals surface area contributed by atoms with Gasteiger partial charge in [0.2, 0.25) is 0 Å². The van der Waals surface area contributed by atoms with Crippen molar-refractivity contribution in [2.24, 2.45) is 0 Å². The van der Waals surface area contributed by atoms with Crippen LogP contribution in [0.3, 0.4) is 0 Å². The summed E-state index contributed by atoms with van der Waals surface area (Å²) in [6, 6.07) is 11.9. The lowest BCUT2D eigenvalue weighted by molar-refractivity contribution is 0.102. The number of amides is 1. The second-order valence-corrected chi connectivity index (χ2v) is 5.66. The highest BCUT2D eigenvalue weighted by molar-refractivity contribution is 6.04. The van der Waals surface area contributed by atoms with E-state index in [-0.39, 0.29) is 5.91 Å². The molecule has 3 rings (SSSR count). The van der Waals surface area contributed by atoms with Gasteiger partial charge >= 0.3 is 0 Å². The summed E-state index contributed by atoms with van der Waals surface area (Å²) in [6.07, 6.45) is 2.16. The molecular formula is C18H20N2O. The molecule has 0 spiro atoms. The fourth-order valence-corrected chi connectivity index (χ4v) is 2.64. The van der Waals surface area contributed by atoms with Crippen LogP contribution in [-0.4, -0.2) is 12.5 Å². The van der Waals surface area contributed by atoms with Crippen molar-refractivity contribution in [2.45, 2.75) is 26.7 Å². The van der Waals surface area contributed by atoms with Gasteiger partial charge in [0.25, 0.3) is 5.91 Å². The van der Waals surface area contributed by atoms with Gasteiger partial charge in [0, 0.05) is 23.5 Å². The zero-order valence-corrected chi connectivity index (χ0v) is 12.5. The monoisotopic (exact) mass is 280 g/mol. The number of carbonyl (C=O) groups is 1. The van der Waals surface area contributed by atoms with Crippen molar-refractivity contribution in [3.63, 3.8) is 0 Å². The van der Waals surface area contributed by atoms with Crippen molar-refractivity contribution in [3.8, 4) is 0 Å². The Morgan fingerprint density at radius 3 is 2.76 bits per heavy atom. The summed E-state index contributed by atoms with van der Waals surface area (Å²) in [4.78, 5) is 12.4. The number of anilines is 2. The van der Waals surface area contributed by atoms with Gasteiger partial charge in [0.1, 0.15) is 0 Å². The average molecular weight is 280 g/mol. The number of benzene rings is 2. The third-order valence-electron chi connectivity index (χ3n) is 4.07. The SMILES string of the molecule is Cc1ccc(NC(=O)c2ccc3c(c2)CCCN3)cc1C. The second kappa shape index (κ2) is 5.60. The average Bonchev–Trinajstić information content (AvgIpc) is 2.50. The van der Waals surface area contributed by atoms with Crippen LogP contribution < -0.4 is 10.6 Å². The maximum absolute atomic E-state index is 12.4. The van der Waals surface area contributed by atoms with Crippen molar-refractivity contribution >= 4 is 17.3 Å². The number of nitrogens with one attached hydrogen (secondary N) is 2. The Labute approximate surface area is 125 Å². The lowest BCUT2D eigenvalue weighted by Gasteiger charge is -2.18. The molecule has 0 aromatic heterocycles. The maximum atomic E-state index is 12.4. The summed E-state index contributed by atoms with van der Waals surface area (Å²) in [5, 5.41) is 6.33. The van der Waals surface area contributed by atoms with Crippen LogP contribution in [0, 0.1) is 13.8 Å². The van der Waals surface area contributed by atoms with E-state index in [4.69, 9.17) is 0 Å². The number of carbonyl (C=O) groups excluding carboxylic acids is 1. The molecular weight excluding hydrogens is 260 g/mol. The Bertz CT molecular complexity index is 692. The van der Waals surface area contributed by atoms with Gasteiger partial charge in [-0.05, 0) is 73.7 Å². The van der Waals surface area contributed by atoms with Gasteiger partial charge in [-0.25, -0.2) is 0 Å². The van der Waals surface area contributed by atoms with Gasteiger partial charge < -0.3 is 10.6 Å². The normalized spacial score (nSPS) is 13.2. The van der Waals surface area contributed by atoms with Crippen molar-refractivity contribution < 1.29 is 4.79 Å². The number of aryl methyl sites for hydroxylation is 3. The molecule has 2 aromatic rings. The van der Waals surface area contributed by atoms with Crippen molar-refractivity contribution in [2.75, 3.05) is 17.2 Å². The van der Waals surface area contributed by atoms with E-state index in [1.54, 1.807) is 0 Å². The van der Waals surface area contributed by atoms with E-state index in [1.807, 2.05) is 36.4 Å². The Morgan fingerprint density at radius 2 is 1.95 bits per heavy atom. The predicted octanol–water partition coefficient (Wildman–Crippen LogP) is 3.91. The minimum atomic E-state index is -0.0494. The Morgan fingerprint density at radius 1 is 1.10 bits per heavy atom. The molecule has 0 fully saturated rings. The fourth-order valence-electron chi connectivity index (χ4n) is 2.64. The van der Waals surface area contributed by atoms with Crippen LogP contribution in [0.2, 0.25) is 0 Å². The molecule has 108 valence electrons. The summed E-state index contributed by atoms with van der Waals surface area (Å²) in [7, 11) is 0. The Balaban J connectivity index is 1.80. The molecule has 2 N–H and O–H groups in total. The van der Waals surface area contributed by atoms with E-state index in [0.29, 0.717) is 0 Å². The molecule has 3 nitrogen and oxygen atoms in total. The molecule has 0 unspecified atom stereocenters. The number of rotatable bonds is 2. The van der Waals surface area contributed by atoms with Crippen LogP contribution in [0.15, 0.2) is 36.4 Å². The summed E-state index contributed by atoms with van der Waals surface area (Å²) in [5.41, 5.74) is 6.36. The first-order valence-electron chi connectivity index (χ1n) is 7.39. The lowest BCUT2D eigenvalue weighted by atomic mass is 10.0. The van der Waals surface area contributed by atoms with Gasteiger partial charge in [0.05, 0.1) is 0 Å². The molecule has 0 atom stereocenters. The molecule has 1 aliphatic rings. The molecule has 0 saturated carbocycles. The van der Waals surface area contributed by atoms with Crippen LogP contribution in [-0.2, 0) is 6.42 Å². The maximum Gasteiger partial charge on any atom is 0.255 e. The minimum Gasteiger partial charge on any atom is -0.385 e. The first-order chi connectivity index (χ1) is 10.1. The van der Waals surface area contributed by atoms with Crippen molar-refractivity contribution in [1.82, 2.24) is 0 Å². The van der Waals surface area contributed by atoms with E-state index in [9.17, 15) is 4.79 Å². The standard InChI is InChI=1S/C18H20N2O/c1-12-5-7-16(10-13(12)2)20-18(21)15-6-8-17-14(11-15)4-3-9-19-17/h5-8,10-11,19H,3-4,9H2,1-2H3,(H,20,21). The third kappa shape index (κ3) is 2.92. The molecule has 0 bridgehead atoms. The Kier molecular flexibility index (Phi) is 3.65. The third-order valence-corrected chi connectivity index (χ3v) is 4.07. The van der Waals surface area contributed by atoms with Crippen molar-refractivity contribution in [3.05, 3.63) is 58.7 Å². The van der Waals surface area contributed by atoms with E-state index in [2.05, 4.69) is 24.5 Å². The van der Waals surface area contributed by atoms with Gasteiger partial charge in [-0.2, -0.15) is 0 Å². The summed E-state index contributed by atoms with van der Waals surface area (Å²) in [6.45, 7) is 5.13. The smallest absolute Gasteiger partial charge is 0.255 e. The molecule has 2 aromatic carbocycles. The van der Waals surface area contributed by atoms with Gasteiger partial charge in [-0.3, -0.25) is 4.79 Å². The molecule has 0 aliphatic carbocycles. The summed E-state index contributed by atoms with van der Waals surface area (Å²) in [5.74, 6) is -0.0494. The van der Waals surface area contributed by atoms with E-state index in [0.717, 1.165) is 36.3 Å². The molecule has 3 heteroatoms. The number of hydrogen-bond acceptors (Lipinski definition) is 2. The highest BCUT2D eigenvalue weighted by Crippen LogP contribution is 2.23. The molecule has 0 saturated heterocycles. The van der Waals surface area contributed by atoms with Crippen LogP contribution in [0.4, 0.5) is 11.4 Å². The number of hydrogen-bond donors (Lipinski definition) is 2. The first-order valence-corrected chi connectivity index (χ1v) is 7.39. The molecule has 1 heterocycles. The van der Waals surface area contributed by atoms with Crippen LogP contribution in [0.5, 0.6) is 0 Å². The minimum absolute atomic E-state index is 0.0494. The fraction of sp³-hybridized carbons (Fsp3) is 0.278. The van der Waals surface area contributed by atoms with E-state index in [1.165, 1.54) is 16.7 Å². The summed E-state index contributed by atoms with van der Waals surface area (Å²) < 4.78 is 0. The first kappa shape index (κ1) is 13.7. The molecule has 1 amide bonds. The van der Waals surface area contributed by atoms with Crippen molar-refractivity contribution in [1.29, 1.82) is 0 Å². The van der Waals surface area contributed by atoms with Crippen LogP contribution >= 0.6 is 0 Å². The molecule has 0 radical (unpaired) electrons. The number of fused-ring (bicyclic) bond motifs is 1. The zero-order valence-electron chi connectivity index (χ0n) is 12.5. The highest BCUT2D eigenvalue weighted by Gasteiger charge is 2.12. The second-order valence-electron chi connectivity index (χ2n) is 5.66. The van der Waals surface area contributed by atoms with Gasteiger partial charge in [-0.15, -0.1) is 0 Å². The largest absolute Gasteiger partial charge is 0.385 e. The quantitative estimate of drug-likeness (QED) is 0.875. The van der Waals surface area contributed by atoms with Crippen LogP contribution in [0.25, 0.3) is 0 Å². The van der Waals surface area contributed by atoms with Gasteiger partial charge in [0.15, 0.2) is 0 Å². The van der Waals surface area contributed by atoms with Crippen LogP contribution in [0.1, 0.15) is 33.5 Å². The highest BCUT2D eigenvalue weighted by atomic mass is 16.1. The lowest BCUT2D eigenvalue weighted by Crippen LogP contribution is -2.15. The van der Waals surface area contributed by atoms with E-state index >= 15 is 0 Å².